The summed E-state index contributed by atoms with van der Waals surface area (Å²) in [6, 6.07) is 8.56. The number of piperidine rings is 1. The molecule has 6 nitrogen and oxygen atoms in total. The van der Waals surface area contributed by atoms with Crippen LogP contribution in [0.2, 0.25) is 0 Å². The third-order valence-electron chi connectivity index (χ3n) is 5.02. The van der Waals surface area contributed by atoms with Gasteiger partial charge in [-0.2, -0.15) is 0 Å². The molecule has 2 aromatic rings. The van der Waals surface area contributed by atoms with Gasteiger partial charge in [-0.25, -0.2) is 8.42 Å². The molecule has 0 radical (unpaired) electrons. The smallest absolute Gasteiger partial charge is 0.263 e. The number of hydrogen-bond donors (Lipinski definition) is 2. The zero-order chi connectivity index (χ0) is 20.1. The number of nitrogens with zero attached hydrogens (tertiary/aromatic N) is 1. The molecule has 8 heteroatoms. The Labute approximate surface area is 171 Å². The zero-order valence-electron chi connectivity index (χ0n) is 16.3. The Morgan fingerprint density at radius 3 is 2.54 bits per heavy atom. The summed E-state index contributed by atoms with van der Waals surface area (Å²) in [5.41, 5.74) is 1.52. The fraction of sp³-hybridized carbons (Fsp3) is 0.450. The lowest BCUT2D eigenvalue weighted by atomic mass is 9.99. The summed E-state index contributed by atoms with van der Waals surface area (Å²) < 4.78 is 28.0. The van der Waals surface area contributed by atoms with Crippen molar-refractivity contribution in [3.05, 3.63) is 46.2 Å². The van der Waals surface area contributed by atoms with E-state index in [1.807, 2.05) is 19.1 Å². The molecule has 1 fully saturated rings. The number of benzene rings is 1. The molecule has 0 bridgehead atoms. The quantitative estimate of drug-likeness (QED) is 0.719. The first-order valence-corrected chi connectivity index (χ1v) is 11.9. The Morgan fingerprint density at radius 2 is 1.86 bits per heavy atom. The summed E-state index contributed by atoms with van der Waals surface area (Å²) >= 11 is 1.14. The second-order valence-corrected chi connectivity index (χ2v) is 9.93. The molecule has 1 aliphatic rings. The maximum atomic E-state index is 12.7. The molecule has 0 saturated carbocycles. The summed E-state index contributed by atoms with van der Waals surface area (Å²) in [6.45, 7) is 7.60. The van der Waals surface area contributed by atoms with Gasteiger partial charge < -0.3 is 10.2 Å². The number of hydrogen-bond acceptors (Lipinski definition) is 5. The van der Waals surface area contributed by atoms with Crippen LogP contribution in [0.3, 0.4) is 0 Å². The van der Waals surface area contributed by atoms with E-state index in [0.717, 1.165) is 42.5 Å². The molecule has 1 amide bonds. The second-order valence-electron chi connectivity index (χ2n) is 7.37. The van der Waals surface area contributed by atoms with Crippen molar-refractivity contribution < 1.29 is 13.2 Å². The molecule has 2 heterocycles. The average Bonchev–Trinajstić information content (AvgIpc) is 3.16. The van der Waals surface area contributed by atoms with Crippen molar-refractivity contribution in [2.45, 2.75) is 31.6 Å². The topological polar surface area (TPSA) is 78.5 Å². The molecule has 3 rings (SSSR count). The van der Waals surface area contributed by atoms with E-state index in [0.29, 0.717) is 12.2 Å². The first kappa shape index (κ1) is 20.8. The van der Waals surface area contributed by atoms with E-state index in [9.17, 15) is 13.2 Å². The maximum Gasteiger partial charge on any atom is 0.263 e. The van der Waals surface area contributed by atoms with Crippen molar-refractivity contribution in [3.63, 3.8) is 0 Å². The lowest BCUT2D eigenvalue weighted by Crippen LogP contribution is -2.39. The Bertz CT molecular complexity index is 899. The van der Waals surface area contributed by atoms with Gasteiger partial charge in [0, 0.05) is 18.8 Å². The van der Waals surface area contributed by atoms with Crippen LogP contribution >= 0.6 is 11.3 Å². The maximum absolute atomic E-state index is 12.7. The van der Waals surface area contributed by atoms with Crippen molar-refractivity contribution in [2.24, 2.45) is 5.92 Å². The van der Waals surface area contributed by atoms with Crippen LogP contribution in [0.4, 0.5) is 5.69 Å². The molecule has 0 unspecified atom stereocenters. The number of likely N-dealkylation sites (tertiary alicyclic amines) is 1. The van der Waals surface area contributed by atoms with Crippen molar-refractivity contribution in [3.8, 4) is 0 Å². The van der Waals surface area contributed by atoms with Crippen LogP contribution in [0.25, 0.3) is 0 Å². The zero-order valence-corrected chi connectivity index (χ0v) is 17.9. The number of sulfonamides is 1. The number of thiophene rings is 1. The Balaban J connectivity index is 1.60. The summed E-state index contributed by atoms with van der Waals surface area (Å²) in [5, 5.41) is 4.49. The highest BCUT2D eigenvalue weighted by molar-refractivity contribution is 7.93. The minimum atomic E-state index is -3.82. The standard InChI is InChI=1S/C20H27N3O3S2/c1-15-3-5-17(6-4-15)22-28(25,26)18-9-14-27-19(18)20(24)21-10-13-23-11-7-16(2)8-12-23/h3-6,9,14,16,22H,7-8,10-13H2,1-2H3,(H,21,24). The fourth-order valence-electron chi connectivity index (χ4n) is 3.20. The van der Waals surface area contributed by atoms with E-state index in [2.05, 4.69) is 21.9 Å². The predicted molar refractivity (Wildman–Crippen MR) is 113 cm³/mol. The molecular weight excluding hydrogens is 394 g/mol. The summed E-state index contributed by atoms with van der Waals surface area (Å²) in [5.74, 6) is 0.426. The van der Waals surface area contributed by atoms with Gasteiger partial charge in [-0.15, -0.1) is 11.3 Å². The molecule has 1 aromatic carbocycles. The van der Waals surface area contributed by atoms with Gasteiger partial charge in [0.05, 0.1) is 0 Å². The van der Waals surface area contributed by atoms with Crippen LogP contribution in [0, 0.1) is 12.8 Å². The highest BCUT2D eigenvalue weighted by Gasteiger charge is 2.24. The molecule has 2 N–H and O–H groups in total. The van der Waals surface area contributed by atoms with Crippen molar-refractivity contribution >= 4 is 33.0 Å². The lowest BCUT2D eigenvalue weighted by Gasteiger charge is -2.30. The first-order chi connectivity index (χ1) is 13.3. The third-order valence-corrected chi connectivity index (χ3v) is 7.48. The largest absolute Gasteiger partial charge is 0.350 e. The van der Waals surface area contributed by atoms with Gasteiger partial charge in [-0.1, -0.05) is 24.6 Å². The van der Waals surface area contributed by atoms with Gasteiger partial charge in [0.2, 0.25) is 0 Å². The van der Waals surface area contributed by atoms with E-state index in [4.69, 9.17) is 0 Å². The minimum Gasteiger partial charge on any atom is -0.350 e. The minimum absolute atomic E-state index is 0.0161. The molecule has 1 saturated heterocycles. The van der Waals surface area contributed by atoms with E-state index in [-0.39, 0.29) is 15.7 Å². The normalized spacial score (nSPS) is 16.1. The van der Waals surface area contributed by atoms with E-state index in [1.54, 1.807) is 17.5 Å². The molecule has 1 aromatic heterocycles. The molecule has 152 valence electrons. The Morgan fingerprint density at radius 1 is 1.18 bits per heavy atom. The van der Waals surface area contributed by atoms with Crippen molar-refractivity contribution in [1.82, 2.24) is 10.2 Å². The van der Waals surface area contributed by atoms with Crippen LogP contribution in [0.15, 0.2) is 40.6 Å². The van der Waals surface area contributed by atoms with Crippen molar-refractivity contribution in [1.29, 1.82) is 0 Å². The summed E-state index contributed by atoms with van der Waals surface area (Å²) in [4.78, 5) is 15.1. The van der Waals surface area contributed by atoms with Gasteiger partial charge >= 0.3 is 0 Å². The Hall–Kier alpha value is -1.90. The van der Waals surface area contributed by atoms with Gasteiger partial charge in [0.25, 0.3) is 15.9 Å². The van der Waals surface area contributed by atoms with E-state index < -0.39 is 10.0 Å². The highest BCUT2D eigenvalue weighted by atomic mass is 32.2. The van der Waals surface area contributed by atoms with Crippen LogP contribution in [0.5, 0.6) is 0 Å². The third kappa shape index (κ3) is 5.33. The van der Waals surface area contributed by atoms with Crippen LogP contribution in [-0.2, 0) is 10.0 Å². The SMILES string of the molecule is Cc1ccc(NS(=O)(=O)c2ccsc2C(=O)NCCN2CCC(C)CC2)cc1. The fourth-order valence-corrected chi connectivity index (χ4v) is 5.60. The average molecular weight is 422 g/mol. The van der Waals surface area contributed by atoms with Crippen LogP contribution in [0.1, 0.15) is 35.0 Å². The van der Waals surface area contributed by atoms with Crippen LogP contribution in [-0.4, -0.2) is 45.4 Å². The predicted octanol–water partition coefficient (Wildman–Crippen LogP) is 3.32. The second kappa shape index (κ2) is 9.07. The number of carbonyl (C=O) groups is 1. The number of nitrogens with one attached hydrogen (secondary N) is 2. The number of aryl methyl sites for hydroxylation is 1. The van der Waals surface area contributed by atoms with E-state index >= 15 is 0 Å². The number of amides is 1. The number of anilines is 1. The van der Waals surface area contributed by atoms with Crippen LogP contribution < -0.4 is 10.0 Å². The first-order valence-electron chi connectivity index (χ1n) is 9.52. The van der Waals surface area contributed by atoms with Gasteiger partial charge in [0.15, 0.2) is 0 Å². The molecule has 0 aliphatic carbocycles. The summed E-state index contributed by atoms with van der Waals surface area (Å²) in [7, 11) is -3.82. The van der Waals surface area contributed by atoms with Gasteiger partial charge in [-0.05, 0) is 62.4 Å². The monoisotopic (exact) mass is 421 g/mol. The molecule has 28 heavy (non-hydrogen) atoms. The molecule has 1 aliphatic heterocycles. The van der Waals surface area contributed by atoms with Gasteiger partial charge in [0.1, 0.15) is 9.77 Å². The lowest BCUT2D eigenvalue weighted by molar-refractivity contribution is 0.0945. The summed E-state index contributed by atoms with van der Waals surface area (Å²) in [6.07, 6.45) is 2.37. The van der Waals surface area contributed by atoms with Gasteiger partial charge in [-0.3, -0.25) is 9.52 Å². The Kier molecular flexibility index (Phi) is 6.74. The number of carbonyl (C=O) groups excluding carboxylic acids is 1. The van der Waals surface area contributed by atoms with Crippen molar-refractivity contribution in [2.75, 3.05) is 30.9 Å². The van der Waals surface area contributed by atoms with E-state index in [1.165, 1.54) is 18.9 Å². The number of rotatable bonds is 7. The molecular formula is C20H27N3O3S2. The molecule has 0 atom stereocenters. The highest BCUT2D eigenvalue weighted by Crippen LogP contribution is 2.24. The molecule has 0 spiro atoms.